The van der Waals surface area contributed by atoms with Crippen molar-refractivity contribution in [3.8, 4) is 11.1 Å². The van der Waals surface area contributed by atoms with Crippen molar-refractivity contribution in [3.05, 3.63) is 48.5 Å². The molecule has 2 atom stereocenters. The molecule has 7 heteroatoms. The van der Waals surface area contributed by atoms with Crippen LogP contribution in [0.5, 0.6) is 0 Å². The maximum atomic E-state index is 13.6. The second-order valence-corrected chi connectivity index (χ2v) is 9.23. The van der Waals surface area contributed by atoms with Gasteiger partial charge >= 0.3 is 0 Å². The zero-order valence-electron chi connectivity index (χ0n) is 18.9. The number of ether oxygens (including phenoxy) is 1. The van der Waals surface area contributed by atoms with Crippen molar-refractivity contribution in [3.63, 3.8) is 0 Å². The average Bonchev–Trinajstić information content (AvgIpc) is 3.34. The van der Waals surface area contributed by atoms with E-state index in [-0.39, 0.29) is 24.0 Å². The lowest BCUT2D eigenvalue weighted by Crippen LogP contribution is -2.56. The highest BCUT2D eigenvalue weighted by molar-refractivity contribution is 5.86. The highest BCUT2D eigenvalue weighted by Crippen LogP contribution is 2.37. The van der Waals surface area contributed by atoms with Gasteiger partial charge in [-0.2, -0.15) is 0 Å². The van der Waals surface area contributed by atoms with Crippen molar-refractivity contribution < 1.29 is 14.3 Å². The predicted molar refractivity (Wildman–Crippen MR) is 122 cm³/mol. The molecule has 170 valence electrons. The number of nitrogens with zero attached hydrogens (tertiary/aromatic N) is 3. The van der Waals surface area contributed by atoms with E-state index in [1.165, 1.54) is 6.33 Å². The molecule has 2 aliphatic rings. The van der Waals surface area contributed by atoms with Crippen molar-refractivity contribution in [1.29, 1.82) is 0 Å². The molecule has 2 fully saturated rings. The van der Waals surface area contributed by atoms with E-state index in [0.29, 0.717) is 26.1 Å². The van der Waals surface area contributed by atoms with Crippen molar-refractivity contribution >= 4 is 11.8 Å². The van der Waals surface area contributed by atoms with E-state index in [4.69, 9.17) is 4.74 Å². The number of benzene rings is 1. The molecule has 0 aliphatic carbocycles. The summed E-state index contributed by atoms with van der Waals surface area (Å²) < 4.78 is 5.65. The molecule has 1 aromatic carbocycles. The van der Waals surface area contributed by atoms with E-state index in [2.05, 4.69) is 21.4 Å². The highest BCUT2D eigenvalue weighted by Gasteiger charge is 2.45. The van der Waals surface area contributed by atoms with Crippen molar-refractivity contribution in [2.75, 3.05) is 19.7 Å². The fourth-order valence-electron chi connectivity index (χ4n) is 4.88. The van der Waals surface area contributed by atoms with E-state index in [1.54, 1.807) is 12.4 Å². The molecule has 1 aromatic heterocycles. The Balaban J connectivity index is 1.66. The third kappa shape index (κ3) is 4.83. The van der Waals surface area contributed by atoms with Gasteiger partial charge in [-0.25, -0.2) is 9.97 Å². The molecule has 0 unspecified atom stereocenters. The van der Waals surface area contributed by atoms with Crippen LogP contribution in [0.3, 0.4) is 0 Å². The van der Waals surface area contributed by atoms with Gasteiger partial charge in [0.2, 0.25) is 5.91 Å². The number of carbonyl (C=O) groups excluding carboxylic acids is 2. The second-order valence-electron chi connectivity index (χ2n) is 9.23. The van der Waals surface area contributed by atoms with E-state index >= 15 is 0 Å². The minimum atomic E-state index is -0.692. The van der Waals surface area contributed by atoms with Crippen molar-refractivity contribution in [2.45, 2.75) is 58.1 Å². The fourth-order valence-corrected chi connectivity index (χ4v) is 4.88. The topological polar surface area (TPSA) is 84.4 Å². The molecule has 0 saturated carbocycles. The summed E-state index contributed by atoms with van der Waals surface area (Å²) in [6.07, 6.45) is 8.48. The van der Waals surface area contributed by atoms with Gasteiger partial charge in [-0.15, -0.1) is 0 Å². The predicted octanol–water partition coefficient (Wildman–Crippen LogP) is 3.00. The first-order valence-corrected chi connectivity index (χ1v) is 11.5. The van der Waals surface area contributed by atoms with Crippen LogP contribution in [0.15, 0.2) is 43.0 Å². The number of hydrogen-bond donors (Lipinski definition) is 1. The molecule has 4 rings (SSSR count). The van der Waals surface area contributed by atoms with Crippen LogP contribution < -0.4 is 5.32 Å². The summed E-state index contributed by atoms with van der Waals surface area (Å²) in [5, 5.41) is 3.13. The van der Waals surface area contributed by atoms with Gasteiger partial charge in [-0.05, 0) is 57.1 Å². The Labute approximate surface area is 189 Å². The minimum Gasteiger partial charge on any atom is -0.368 e. The molecule has 32 heavy (non-hydrogen) atoms. The van der Waals surface area contributed by atoms with Crippen LogP contribution in [0.2, 0.25) is 0 Å². The lowest BCUT2D eigenvalue weighted by atomic mass is 9.73. The molecular weight excluding hydrogens is 404 g/mol. The van der Waals surface area contributed by atoms with E-state index < -0.39 is 5.41 Å². The molecule has 2 aromatic rings. The van der Waals surface area contributed by atoms with Gasteiger partial charge in [0.05, 0.1) is 5.41 Å². The largest absolute Gasteiger partial charge is 0.368 e. The first kappa shape index (κ1) is 22.4. The van der Waals surface area contributed by atoms with Gasteiger partial charge in [-0.3, -0.25) is 9.59 Å². The first-order chi connectivity index (χ1) is 15.5. The van der Waals surface area contributed by atoms with Gasteiger partial charge in [0.1, 0.15) is 12.4 Å². The summed E-state index contributed by atoms with van der Waals surface area (Å²) in [5.74, 6) is 0.0325. The van der Waals surface area contributed by atoms with Crippen LogP contribution in [0, 0.1) is 5.41 Å². The molecule has 2 amide bonds. The second kappa shape index (κ2) is 9.77. The van der Waals surface area contributed by atoms with E-state index in [0.717, 1.165) is 42.4 Å². The van der Waals surface area contributed by atoms with Crippen LogP contribution >= 0.6 is 0 Å². The smallest absolute Gasteiger partial charge is 0.251 e. The van der Waals surface area contributed by atoms with Gasteiger partial charge in [-0.1, -0.05) is 24.3 Å². The molecule has 0 radical (unpaired) electrons. The average molecular weight is 437 g/mol. The molecule has 0 bridgehead atoms. The van der Waals surface area contributed by atoms with Gasteiger partial charge in [0.25, 0.3) is 5.91 Å². The molecule has 0 spiro atoms. The number of hydrogen-bond acceptors (Lipinski definition) is 5. The Bertz CT molecular complexity index is 943. The summed E-state index contributed by atoms with van der Waals surface area (Å²) >= 11 is 0. The van der Waals surface area contributed by atoms with Crippen LogP contribution in [0.1, 0.15) is 45.1 Å². The summed E-state index contributed by atoms with van der Waals surface area (Å²) in [5.41, 5.74) is 2.31. The van der Waals surface area contributed by atoms with Crippen molar-refractivity contribution in [2.24, 2.45) is 5.41 Å². The zero-order chi connectivity index (χ0) is 22.6. The first-order valence-electron chi connectivity index (χ1n) is 11.5. The number of carbonyl (C=O) groups is 2. The minimum absolute atomic E-state index is 0.0106. The fraction of sp³-hybridized carbons (Fsp3) is 0.520. The maximum absolute atomic E-state index is 13.6. The maximum Gasteiger partial charge on any atom is 0.251 e. The third-order valence-electron chi connectivity index (χ3n) is 6.41. The Morgan fingerprint density at radius 3 is 2.72 bits per heavy atom. The summed E-state index contributed by atoms with van der Waals surface area (Å²) in [7, 11) is 0. The Hall–Kier alpha value is -2.80. The number of nitrogens with one attached hydrogen (secondary N) is 1. The Morgan fingerprint density at radius 1 is 1.22 bits per heavy atom. The number of piperidine rings is 1. The Kier molecular flexibility index (Phi) is 6.84. The normalized spacial score (nSPS) is 23.3. The Morgan fingerprint density at radius 2 is 2.00 bits per heavy atom. The van der Waals surface area contributed by atoms with Crippen LogP contribution in [0.25, 0.3) is 11.1 Å². The van der Waals surface area contributed by atoms with E-state index in [9.17, 15) is 9.59 Å². The number of likely N-dealkylation sites (tertiary alicyclic amines) is 1. The standard InChI is InChI=1S/C25H32N4O3/c1-18(2)28-24(31)25(10-6-11-29(16-25)23(30)22-9-5-12-32-22)13-19-7-3-4-8-21(19)20-14-26-17-27-15-20/h3-4,7-8,14-15,17-18,22H,5-6,9-13,16H2,1-2H3,(H,28,31)/t22-,25-/m0/s1. The number of rotatable bonds is 6. The molecule has 2 aliphatic heterocycles. The highest BCUT2D eigenvalue weighted by atomic mass is 16.5. The molecule has 7 nitrogen and oxygen atoms in total. The van der Waals surface area contributed by atoms with Crippen LogP contribution in [-0.4, -0.2) is 58.5 Å². The quantitative estimate of drug-likeness (QED) is 0.753. The zero-order valence-corrected chi connectivity index (χ0v) is 18.9. The summed E-state index contributed by atoms with van der Waals surface area (Å²) in [4.78, 5) is 36.9. The van der Waals surface area contributed by atoms with E-state index in [1.807, 2.05) is 36.9 Å². The molecule has 1 N–H and O–H groups in total. The van der Waals surface area contributed by atoms with Gasteiger partial charge in [0, 0.05) is 43.7 Å². The van der Waals surface area contributed by atoms with Gasteiger partial charge < -0.3 is 15.0 Å². The molecular formula is C25H32N4O3. The lowest BCUT2D eigenvalue weighted by Gasteiger charge is -2.43. The lowest BCUT2D eigenvalue weighted by molar-refractivity contribution is -0.148. The SMILES string of the molecule is CC(C)NC(=O)[C@]1(Cc2ccccc2-c2cncnc2)CCCN(C(=O)[C@@H]2CCCO2)C1. The molecule has 3 heterocycles. The number of aromatic nitrogens is 2. The van der Waals surface area contributed by atoms with Crippen LogP contribution in [0.4, 0.5) is 0 Å². The van der Waals surface area contributed by atoms with Crippen LogP contribution in [-0.2, 0) is 20.7 Å². The summed E-state index contributed by atoms with van der Waals surface area (Å²) in [6, 6.07) is 8.12. The molecule has 2 saturated heterocycles. The summed E-state index contributed by atoms with van der Waals surface area (Å²) in [6.45, 7) is 5.65. The van der Waals surface area contributed by atoms with Gasteiger partial charge in [0.15, 0.2) is 0 Å². The number of amides is 2. The van der Waals surface area contributed by atoms with Crippen molar-refractivity contribution in [1.82, 2.24) is 20.2 Å². The third-order valence-corrected chi connectivity index (χ3v) is 6.41. The monoisotopic (exact) mass is 436 g/mol.